The molecule has 0 aromatic rings. The summed E-state index contributed by atoms with van der Waals surface area (Å²) in [7, 11) is 0. The minimum Gasteiger partial charge on any atom is -0.412 e. The van der Waals surface area contributed by atoms with E-state index in [-0.39, 0.29) is 10.9 Å². The first-order valence-electron chi connectivity index (χ1n) is 2.70. The summed E-state index contributed by atoms with van der Waals surface area (Å²) in [6.07, 6.45) is 0. The van der Waals surface area contributed by atoms with Gasteiger partial charge in [0.25, 0.3) is 0 Å². The van der Waals surface area contributed by atoms with E-state index in [0.717, 1.165) is 0 Å². The minimum atomic E-state index is 0. The van der Waals surface area contributed by atoms with E-state index in [1.165, 1.54) is 0 Å². The van der Waals surface area contributed by atoms with Crippen molar-refractivity contribution in [1.82, 2.24) is 0 Å². The molecule has 0 aromatic heterocycles. The summed E-state index contributed by atoms with van der Waals surface area (Å²) in [6.45, 7) is 8.44. The van der Waals surface area contributed by atoms with Gasteiger partial charge in [-0.05, 0) is 12.3 Å². The molecule has 1 atom stereocenters. The smallest absolute Gasteiger partial charge is 0.00591 e. The molecule has 1 unspecified atom stereocenters. The van der Waals surface area contributed by atoms with Crippen molar-refractivity contribution < 1.29 is 5.48 Å². The van der Waals surface area contributed by atoms with Gasteiger partial charge >= 0.3 is 0 Å². The Hall–Kier alpha value is -0.0800. The molecular formula is C6H17NO. The van der Waals surface area contributed by atoms with E-state index in [2.05, 4.69) is 20.8 Å². The van der Waals surface area contributed by atoms with Gasteiger partial charge in [-0.15, -0.1) is 0 Å². The number of hydrogen-bond acceptors (Lipinski definition) is 1. The highest BCUT2D eigenvalue weighted by Crippen LogP contribution is 2.15. The van der Waals surface area contributed by atoms with E-state index < -0.39 is 0 Å². The Balaban J connectivity index is 0. The van der Waals surface area contributed by atoms with Crippen molar-refractivity contribution in [2.24, 2.45) is 11.1 Å². The Bertz CT molecular complexity index is 54.0. The fourth-order valence-corrected chi connectivity index (χ4v) is 0. The van der Waals surface area contributed by atoms with Crippen LogP contribution < -0.4 is 5.73 Å². The average molecular weight is 119 g/mol. The third kappa shape index (κ3) is 4.09. The Kier molecular flexibility index (Phi) is 4.12. The normalized spacial score (nSPS) is 14.6. The lowest BCUT2D eigenvalue weighted by Gasteiger charge is -2.22. The molecule has 0 heterocycles. The molecule has 0 aromatic carbocycles. The standard InChI is InChI=1S/C6H15N.H2O/c1-5(7)6(2,3)4;/h5H,7H2,1-4H3;1H2. The van der Waals surface area contributed by atoms with Gasteiger partial charge in [-0.2, -0.15) is 0 Å². The second-order valence-corrected chi connectivity index (χ2v) is 3.15. The monoisotopic (exact) mass is 119 g/mol. The van der Waals surface area contributed by atoms with Crippen LogP contribution in [0.2, 0.25) is 0 Å². The third-order valence-corrected chi connectivity index (χ3v) is 1.37. The lowest BCUT2D eigenvalue weighted by atomic mass is 9.89. The van der Waals surface area contributed by atoms with E-state index in [4.69, 9.17) is 5.73 Å². The molecule has 0 aliphatic rings. The van der Waals surface area contributed by atoms with Gasteiger partial charge in [0.05, 0.1) is 0 Å². The lowest BCUT2D eigenvalue weighted by Crippen LogP contribution is -2.31. The van der Waals surface area contributed by atoms with Crippen LogP contribution in [0.5, 0.6) is 0 Å². The van der Waals surface area contributed by atoms with Crippen LogP contribution in [0, 0.1) is 5.41 Å². The van der Waals surface area contributed by atoms with Crippen molar-refractivity contribution in [2.45, 2.75) is 33.7 Å². The quantitative estimate of drug-likeness (QED) is 0.497. The first-order valence-corrected chi connectivity index (χ1v) is 2.70. The van der Waals surface area contributed by atoms with Crippen molar-refractivity contribution in [3.05, 3.63) is 0 Å². The van der Waals surface area contributed by atoms with Crippen molar-refractivity contribution >= 4 is 0 Å². The molecule has 0 aliphatic heterocycles. The Morgan fingerprint density at radius 2 is 1.38 bits per heavy atom. The highest BCUT2D eigenvalue weighted by Gasteiger charge is 2.14. The summed E-state index contributed by atoms with van der Waals surface area (Å²) in [5.74, 6) is 0. The molecule has 0 fully saturated rings. The topological polar surface area (TPSA) is 57.5 Å². The molecule has 0 rings (SSSR count). The van der Waals surface area contributed by atoms with Crippen LogP contribution in [0.1, 0.15) is 27.7 Å². The van der Waals surface area contributed by atoms with Gasteiger partial charge in [0.2, 0.25) is 0 Å². The van der Waals surface area contributed by atoms with Crippen LogP contribution in [0.25, 0.3) is 0 Å². The molecule has 0 bridgehead atoms. The molecule has 8 heavy (non-hydrogen) atoms. The summed E-state index contributed by atoms with van der Waals surface area (Å²) >= 11 is 0. The van der Waals surface area contributed by atoms with E-state index >= 15 is 0 Å². The molecule has 0 aliphatic carbocycles. The summed E-state index contributed by atoms with van der Waals surface area (Å²) < 4.78 is 0. The molecular weight excluding hydrogens is 102 g/mol. The van der Waals surface area contributed by atoms with Crippen molar-refractivity contribution in [2.75, 3.05) is 0 Å². The number of rotatable bonds is 0. The van der Waals surface area contributed by atoms with E-state index in [0.29, 0.717) is 6.04 Å². The highest BCUT2D eigenvalue weighted by molar-refractivity contribution is 4.70. The van der Waals surface area contributed by atoms with Gasteiger partial charge < -0.3 is 11.2 Å². The Morgan fingerprint density at radius 3 is 1.38 bits per heavy atom. The van der Waals surface area contributed by atoms with Crippen LogP contribution in [0.4, 0.5) is 0 Å². The molecule has 52 valence electrons. The van der Waals surface area contributed by atoms with Gasteiger partial charge in [0.15, 0.2) is 0 Å². The maximum atomic E-state index is 5.57. The number of nitrogens with two attached hydrogens (primary N) is 1. The van der Waals surface area contributed by atoms with Crippen molar-refractivity contribution in [1.29, 1.82) is 0 Å². The molecule has 0 saturated carbocycles. The summed E-state index contributed by atoms with van der Waals surface area (Å²) in [4.78, 5) is 0. The average Bonchev–Trinajstić information content (AvgIpc) is 1.31. The van der Waals surface area contributed by atoms with Gasteiger partial charge in [-0.3, -0.25) is 0 Å². The molecule has 2 nitrogen and oxygen atoms in total. The van der Waals surface area contributed by atoms with Crippen molar-refractivity contribution in [3.8, 4) is 0 Å². The predicted molar refractivity (Wildman–Crippen MR) is 36.7 cm³/mol. The van der Waals surface area contributed by atoms with Crippen LogP contribution in [-0.4, -0.2) is 11.5 Å². The first-order chi connectivity index (χ1) is 2.94. The lowest BCUT2D eigenvalue weighted by molar-refractivity contribution is 0.340. The molecule has 0 amide bonds. The van der Waals surface area contributed by atoms with Crippen LogP contribution in [0.15, 0.2) is 0 Å². The van der Waals surface area contributed by atoms with Gasteiger partial charge in [0, 0.05) is 6.04 Å². The molecule has 0 spiro atoms. The van der Waals surface area contributed by atoms with Gasteiger partial charge in [-0.1, -0.05) is 20.8 Å². The molecule has 2 heteroatoms. The Morgan fingerprint density at radius 1 is 1.25 bits per heavy atom. The fraction of sp³-hybridized carbons (Fsp3) is 1.00. The van der Waals surface area contributed by atoms with Gasteiger partial charge in [-0.25, -0.2) is 0 Å². The zero-order valence-corrected chi connectivity index (χ0v) is 6.15. The van der Waals surface area contributed by atoms with Crippen LogP contribution in [-0.2, 0) is 0 Å². The van der Waals surface area contributed by atoms with E-state index in [1.54, 1.807) is 0 Å². The molecule has 0 saturated heterocycles. The van der Waals surface area contributed by atoms with Crippen LogP contribution >= 0.6 is 0 Å². The second-order valence-electron chi connectivity index (χ2n) is 3.15. The molecule has 4 N–H and O–H groups in total. The SMILES string of the molecule is CC(N)C(C)(C)C.O. The maximum Gasteiger partial charge on any atom is 0.00591 e. The first kappa shape index (κ1) is 10.8. The molecule has 0 radical (unpaired) electrons. The maximum absolute atomic E-state index is 5.57. The van der Waals surface area contributed by atoms with Crippen LogP contribution in [0.3, 0.4) is 0 Å². The predicted octanol–water partition coefficient (Wildman–Crippen LogP) is 0.555. The zero-order chi connectivity index (χ0) is 6.08. The minimum absolute atomic E-state index is 0. The summed E-state index contributed by atoms with van der Waals surface area (Å²) in [6, 6.07) is 0.299. The van der Waals surface area contributed by atoms with E-state index in [1.807, 2.05) is 6.92 Å². The highest BCUT2D eigenvalue weighted by atomic mass is 16.0. The third-order valence-electron chi connectivity index (χ3n) is 1.37. The Labute approximate surface area is 51.4 Å². The van der Waals surface area contributed by atoms with Crippen molar-refractivity contribution in [3.63, 3.8) is 0 Å². The fourth-order valence-electron chi connectivity index (χ4n) is 0. The second kappa shape index (κ2) is 3.05. The van der Waals surface area contributed by atoms with Gasteiger partial charge in [0.1, 0.15) is 0 Å². The van der Waals surface area contributed by atoms with E-state index in [9.17, 15) is 0 Å². The zero-order valence-electron chi connectivity index (χ0n) is 6.15. The number of hydrogen-bond donors (Lipinski definition) is 1. The summed E-state index contributed by atoms with van der Waals surface area (Å²) in [5.41, 5.74) is 5.85. The summed E-state index contributed by atoms with van der Waals surface area (Å²) in [5, 5.41) is 0. The largest absolute Gasteiger partial charge is 0.412 e.